The molecule has 0 aliphatic rings. The summed E-state index contributed by atoms with van der Waals surface area (Å²) >= 11 is 18.4. The van der Waals surface area contributed by atoms with Gasteiger partial charge in [0.1, 0.15) is 12.4 Å². The van der Waals surface area contributed by atoms with Crippen molar-refractivity contribution in [2.45, 2.75) is 25.9 Å². The third-order valence-electron chi connectivity index (χ3n) is 5.76. The van der Waals surface area contributed by atoms with Gasteiger partial charge in [0.25, 0.3) is 0 Å². The Balaban J connectivity index is 1.58. The summed E-state index contributed by atoms with van der Waals surface area (Å²) in [4.78, 5) is 26.0. The number of amides is 1. The molecule has 36 heavy (non-hydrogen) atoms. The van der Waals surface area contributed by atoms with Crippen LogP contribution < -0.4 is 11.0 Å². The number of hydrogen-bond acceptors (Lipinski definition) is 3. The highest BCUT2D eigenvalue weighted by Gasteiger charge is 2.22. The fraction of sp³-hybridized carbons (Fsp3) is 0.192. The van der Waals surface area contributed by atoms with Crippen LogP contribution in [0.2, 0.25) is 15.1 Å². The zero-order valence-electron chi connectivity index (χ0n) is 19.2. The van der Waals surface area contributed by atoms with Crippen molar-refractivity contribution in [2.24, 2.45) is 0 Å². The molecule has 1 N–H and O–H groups in total. The zero-order chi connectivity index (χ0) is 25.8. The molecule has 0 aliphatic carbocycles. The van der Waals surface area contributed by atoms with Crippen LogP contribution in [0, 0.1) is 5.82 Å². The minimum absolute atomic E-state index is 0.279. The predicted molar refractivity (Wildman–Crippen MR) is 140 cm³/mol. The summed E-state index contributed by atoms with van der Waals surface area (Å²) in [5.74, 6) is -0.396. The highest BCUT2D eigenvalue weighted by Crippen LogP contribution is 2.26. The van der Waals surface area contributed by atoms with Crippen LogP contribution in [0.4, 0.5) is 4.39 Å². The average molecular weight is 548 g/mol. The molecular formula is C26H22Cl3FN4O2. The first-order valence-electron chi connectivity index (χ1n) is 11.1. The van der Waals surface area contributed by atoms with Crippen LogP contribution in [0.25, 0.3) is 11.4 Å². The fourth-order valence-electron chi connectivity index (χ4n) is 3.85. The molecule has 1 amide bonds. The van der Waals surface area contributed by atoms with Gasteiger partial charge in [-0.15, -0.1) is 5.10 Å². The Morgan fingerprint density at radius 2 is 1.64 bits per heavy atom. The number of hydrogen-bond donors (Lipinski definition) is 1. The van der Waals surface area contributed by atoms with E-state index >= 15 is 0 Å². The lowest BCUT2D eigenvalue weighted by atomic mass is 10.1. The molecule has 3 aromatic carbocycles. The van der Waals surface area contributed by atoms with E-state index in [0.29, 0.717) is 38.4 Å². The van der Waals surface area contributed by atoms with Gasteiger partial charge in [0.2, 0.25) is 5.91 Å². The van der Waals surface area contributed by atoms with Crippen LogP contribution in [0.5, 0.6) is 0 Å². The number of rotatable bonds is 8. The second-order valence-corrected chi connectivity index (χ2v) is 9.42. The Kier molecular flexibility index (Phi) is 8.14. The third kappa shape index (κ3) is 5.81. The lowest BCUT2D eigenvalue weighted by molar-refractivity contribution is -0.121. The van der Waals surface area contributed by atoms with Crippen LogP contribution in [-0.4, -0.2) is 26.8 Å². The molecule has 0 bridgehead atoms. The molecular weight excluding hydrogens is 526 g/mol. The van der Waals surface area contributed by atoms with Crippen molar-refractivity contribution in [1.82, 2.24) is 19.7 Å². The molecule has 0 spiro atoms. The first-order valence-corrected chi connectivity index (χ1v) is 12.3. The normalized spacial score (nSPS) is 11.9. The molecule has 1 unspecified atom stereocenters. The smallest absolute Gasteiger partial charge is 0.347 e. The molecule has 6 nitrogen and oxygen atoms in total. The molecule has 0 radical (unpaired) electrons. The number of carbonyl (C=O) groups excluding carboxylic acids is 1. The summed E-state index contributed by atoms with van der Waals surface area (Å²) in [5, 5.41) is 8.82. The van der Waals surface area contributed by atoms with Crippen molar-refractivity contribution in [3.05, 3.63) is 109 Å². The largest absolute Gasteiger partial charge is 0.354 e. The number of carbonyl (C=O) groups is 1. The van der Waals surface area contributed by atoms with E-state index in [1.54, 1.807) is 54.6 Å². The van der Waals surface area contributed by atoms with Gasteiger partial charge in [-0.3, -0.25) is 9.36 Å². The highest BCUT2D eigenvalue weighted by atomic mass is 35.5. The van der Waals surface area contributed by atoms with E-state index in [9.17, 15) is 14.0 Å². The Morgan fingerprint density at radius 1 is 1.00 bits per heavy atom. The Labute approximate surface area is 222 Å². The van der Waals surface area contributed by atoms with E-state index in [1.807, 2.05) is 6.92 Å². The monoisotopic (exact) mass is 546 g/mol. The molecule has 4 rings (SSSR count). The first-order chi connectivity index (χ1) is 17.2. The molecule has 0 fully saturated rings. The van der Waals surface area contributed by atoms with E-state index in [1.165, 1.54) is 16.7 Å². The van der Waals surface area contributed by atoms with Crippen LogP contribution >= 0.6 is 34.8 Å². The second kappa shape index (κ2) is 11.3. The van der Waals surface area contributed by atoms with Gasteiger partial charge in [0.15, 0.2) is 5.82 Å². The van der Waals surface area contributed by atoms with E-state index in [-0.39, 0.29) is 24.8 Å². The van der Waals surface area contributed by atoms with Crippen LogP contribution in [-0.2, 0) is 17.8 Å². The predicted octanol–water partition coefficient (Wildman–Crippen LogP) is 5.78. The summed E-state index contributed by atoms with van der Waals surface area (Å²) in [6.45, 7) is 1.82. The maximum Gasteiger partial charge on any atom is 0.347 e. The third-order valence-corrected chi connectivity index (χ3v) is 6.73. The van der Waals surface area contributed by atoms with Crippen LogP contribution in [0.15, 0.2) is 71.5 Å². The maximum absolute atomic E-state index is 13.5. The van der Waals surface area contributed by atoms with Crippen molar-refractivity contribution in [2.75, 3.05) is 6.54 Å². The molecule has 0 saturated heterocycles. The van der Waals surface area contributed by atoms with Crippen molar-refractivity contribution < 1.29 is 9.18 Å². The van der Waals surface area contributed by atoms with Crippen molar-refractivity contribution in [1.29, 1.82) is 0 Å². The summed E-state index contributed by atoms with van der Waals surface area (Å²) in [7, 11) is 0. The zero-order valence-corrected chi connectivity index (χ0v) is 21.5. The summed E-state index contributed by atoms with van der Waals surface area (Å²) < 4.78 is 16.1. The standard InChI is InChI=1S/C26H22Cl3FN4O2/c1-16(17-7-11-20(30)12-8-17)34-25(18-5-9-19(27)10-6-18)32-33(26(34)36)15-24(35)31-14-13-21-22(28)3-2-4-23(21)29/h2-12,16H,13-15H2,1H3,(H,31,35). The molecule has 10 heteroatoms. The van der Waals surface area contributed by atoms with Gasteiger partial charge >= 0.3 is 5.69 Å². The lowest BCUT2D eigenvalue weighted by Gasteiger charge is -2.15. The molecule has 1 heterocycles. The van der Waals surface area contributed by atoms with Crippen molar-refractivity contribution >= 4 is 40.7 Å². The van der Waals surface area contributed by atoms with Crippen molar-refractivity contribution in [3.63, 3.8) is 0 Å². The van der Waals surface area contributed by atoms with Gasteiger partial charge in [-0.25, -0.2) is 13.9 Å². The first kappa shape index (κ1) is 25.9. The number of halogens is 4. The minimum Gasteiger partial charge on any atom is -0.354 e. The topological polar surface area (TPSA) is 68.9 Å². The summed E-state index contributed by atoms with van der Waals surface area (Å²) in [6, 6.07) is 17.5. The van der Waals surface area contributed by atoms with E-state index in [4.69, 9.17) is 34.8 Å². The molecule has 0 saturated carbocycles. The maximum atomic E-state index is 13.5. The Hall–Kier alpha value is -3.13. The minimum atomic E-state index is -0.471. The van der Waals surface area contributed by atoms with Gasteiger partial charge in [-0.1, -0.05) is 53.0 Å². The second-order valence-electron chi connectivity index (χ2n) is 8.17. The van der Waals surface area contributed by atoms with Crippen molar-refractivity contribution in [3.8, 4) is 11.4 Å². The summed E-state index contributed by atoms with van der Waals surface area (Å²) in [5.41, 5.74) is 1.63. The quantitative estimate of drug-likeness (QED) is 0.304. The van der Waals surface area contributed by atoms with Crippen LogP contribution in [0.1, 0.15) is 24.1 Å². The Bertz CT molecular complexity index is 1410. The highest BCUT2D eigenvalue weighted by molar-refractivity contribution is 6.36. The van der Waals surface area contributed by atoms with Crippen LogP contribution in [0.3, 0.4) is 0 Å². The molecule has 4 aromatic rings. The average Bonchev–Trinajstić information content (AvgIpc) is 3.17. The molecule has 1 atom stereocenters. The van der Waals surface area contributed by atoms with Gasteiger partial charge in [0, 0.05) is 27.2 Å². The fourth-order valence-corrected chi connectivity index (χ4v) is 4.56. The van der Waals surface area contributed by atoms with Gasteiger partial charge < -0.3 is 5.32 Å². The van der Waals surface area contributed by atoms with Gasteiger partial charge in [0.05, 0.1) is 6.04 Å². The molecule has 0 aliphatic heterocycles. The van der Waals surface area contributed by atoms with Gasteiger partial charge in [-0.2, -0.15) is 0 Å². The Morgan fingerprint density at radius 3 is 2.28 bits per heavy atom. The molecule has 186 valence electrons. The molecule has 1 aromatic heterocycles. The lowest BCUT2D eigenvalue weighted by Crippen LogP contribution is -2.35. The van der Waals surface area contributed by atoms with E-state index in [0.717, 1.165) is 10.2 Å². The summed E-state index contributed by atoms with van der Waals surface area (Å²) in [6.07, 6.45) is 0.436. The van der Waals surface area contributed by atoms with E-state index < -0.39 is 11.7 Å². The SMILES string of the molecule is CC(c1ccc(F)cc1)n1c(-c2ccc(Cl)cc2)nn(CC(=O)NCCc2c(Cl)cccc2Cl)c1=O. The van der Waals surface area contributed by atoms with E-state index in [2.05, 4.69) is 10.4 Å². The number of nitrogens with zero attached hydrogens (tertiary/aromatic N) is 3. The van der Waals surface area contributed by atoms with Gasteiger partial charge in [-0.05, 0) is 73.0 Å². The number of nitrogens with one attached hydrogen (secondary N) is 1. The number of benzene rings is 3. The number of aromatic nitrogens is 3.